The Morgan fingerprint density at radius 3 is 2.20 bits per heavy atom. The van der Waals surface area contributed by atoms with Gasteiger partial charge in [0.25, 0.3) is 11.8 Å². The van der Waals surface area contributed by atoms with Crippen LogP contribution in [0.5, 0.6) is 11.5 Å². The molecule has 4 fully saturated rings. The number of piperazine rings is 1. The maximum absolute atomic E-state index is 13.6. The molecule has 9 rings (SSSR count). The number of anilines is 2. The maximum Gasteiger partial charge on any atom is 0.262 e. The van der Waals surface area contributed by atoms with Gasteiger partial charge >= 0.3 is 0 Å². The Morgan fingerprint density at radius 1 is 0.785 bits per heavy atom. The average molecular weight is 944 g/mol. The zero-order valence-corrected chi connectivity index (χ0v) is 38.4. The molecule has 5 aliphatic rings. The van der Waals surface area contributed by atoms with Crippen molar-refractivity contribution in [3.63, 3.8) is 0 Å². The minimum Gasteiger partial charge on any atom is -0.489 e. The van der Waals surface area contributed by atoms with E-state index in [4.69, 9.17) is 49.3 Å². The van der Waals surface area contributed by atoms with Gasteiger partial charge in [-0.15, -0.1) is 11.6 Å². The van der Waals surface area contributed by atoms with Gasteiger partial charge in [0.15, 0.2) is 5.75 Å². The van der Waals surface area contributed by atoms with E-state index in [9.17, 15) is 24.0 Å². The lowest BCUT2D eigenvalue weighted by Gasteiger charge is -2.50. The molecule has 0 aliphatic carbocycles. The smallest absolute Gasteiger partial charge is 0.262 e. The number of piperidine rings is 2. The molecule has 1 N–H and O–H groups in total. The van der Waals surface area contributed by atoms with Crippen molar-refractivity contribution in [1.82, 2.24) is 30.0 Å². The number of hydrogen-bond donors (Lipinski definition) is 1. The predicted molar refractivity (Wildman–Crippen MR) is 245 cm³/mol. The summed E-state index contributed by atoms with van der Waals surface area (Å²) in [5.41, 5.74) is 3.69. The van der Waals surface area contributed by atoms with Crippen molar-refractivity contribution in [3.8, 4) is 11.5 Å². The molecular formula is C47H49Cl3N8O7. The first-order valence-corrected chi connectivity index (χ1v) is 23.2. The third kappa shape index (κ3) is 8.95. The summed E-state index contributed by atoms with van der Waals surface area (Å²) in [4.78, 5) is 83.0. The molecule has 0 spiro atoms. The number of likely N-dealkylation sites (tertiary alicyclic amines) is 1. The minimum absolute atomic E-state index is 0.0683. The molecule has 4 aromatic rings. The van der Waals surface area contributed by atoms with Crippen LogP contribution in [-0.2, 0) is 26.4 Å². The van der Waals surface area contributed by atoms with E-state index in [2.05, 4.69) is 33.9 Å². The largest absolute Gasteiger partial charge is 0.489 e. The second-order valence-corrected chi connectivity index (χ2v) is 18.8. The molecule has 0 bridgehead atoms. The lowest BCUT2D eigenvalue weighted by molar-refractivity contribution is -0.136. The number of ether oxygens (including phenoxy) is 2. The highest BCUT2D eigenvalue weighted by molar-refractivity contribution is 6.37. The van der Waals surface area contributed by atoms with E-state index < -0.39 is 35.1 Å². The van der Waals surface area contributed by atoms with Gasteiger partial charge in [-0.25, -0.2) is 9.97 Å². The van der Waals surface area contributed by atoms with Gasteiger partial charge in [-0.05, 0) is 78.9 Å². The first-order valence-electron chi connectivity index (χ1n) is 21.9. The van der Waals surface area contributed by atoms with Crippen LogP contribution in [0.3, 0.4) is 0 Å². The van der Waals surface area contributed by atoms with E-state index in [1.807, 2.05) is 58.3 Å². The van der Waals surface area contributed by atoms with Gasteiger partial charge in [0, 0.05) is 75.1 Å². The van der Waals surface area contributed by atoms with Crippen LogP contribution in [0.1, 0.15) is 77.1 Å². The summed E-state index contributed by atoms with van der Waals surface area (Å²) in [7, 11) is 0. The first-order chi connectivity index (χ1) is 31.3. The number of carbonyl (C=O) groups is 5. The molecular weight excluding hydrogens is 895 g/mol. The first kappa shape index (κ1) is 44.7. The fourth-order valence-electron chi connectivity index (χ4n) is 9.47. The van der Waals surface area contributed by atoms with Gasteiger partial charge in [-0.2, -0.15) is 0 Å². The fraction of sp³-hybridized carbons (Fsp3) is 0.426. The quantitative estimate of drug-likeness (QED) is 0.129. The highest BCUT2D eigenvalue weighted by Crippen LogP contribution is 2.41. The Kier molecular flexibility index (Phi) is 12.7. The third-order valence-corrected chi connectivity index (χ3v) is 14.1. The molecule has 4 saturated heterocycles. The molecule has 1 atom stereocenters. The molecule has 3 aromatic carbocycles. The van der Waals surface area contributed by atoms with Crippen LogP contribution in [0.2, 0.25) is 10.0 Å². The predicted octanol–water partition coefficient (Wildman–Crippen LogP) is 5.71. The number of benzene rings is 3. The number of nitrogens with zero attached hydrogens (tertiary/aromatic N) is 7. The van der Waals surface area contributed by atoms with Crippen molar-refractivity contribution in [2.75, 3.05) is 68.1 Å². The van der Waals surface area contributed by atoms with Gasteiger partial charge in [-0.1, -0.05) is 49.2 Å². The number of amides is 5. The maximum atomic E-state index is 13.6. The van der Waals surface area contributed by atoms with Crippen molar-refractivity contribution in [2.45, 2.75) is 69.7 Å². The summed E-state index contributed by atoms with van der Waals surface area (Å²) >= 11 is 18.8. The van der Waals surface area contributed by atoms with E-state index in [1.54, 1.807) is 18.3 Å². The summed E-state index contributed by atoms with van der Waals surface area (Å²) in [5, 5.41) is 3.10. The number of hydrogen-bond acceptors (Lipinski definition) is 12. The van der Waals surface area contributed by atoms with Gasteiger partial charge in [0.1, 0.15) is 31.5 Å². The van der Waals surface area contributed by atoms with E-state index in [0.717, 1.165) is 60.7 Å². The van der Waals surface area contributed by atoms with E-state index in [-0.39, 0.29) is 49.1 Å². The Labute approximate surface area is 391 Å². The number of fused-ring (bicyclic) bond motifs is 1. The number of imide groups is 2. The SMILES string of the molecule is CC(C)(c1ccc(OCc2ccnc(N3CCN(C4CCN(C5CN(c6ccc7c(c6)C(=O)N(C6CCC(=O)NC6=O)C7=O)C5)CC4)C(=O)C3)n2)cc1)c1cc(Cl)c(OCCCl)c(Cl)c1. The molecule has 6 heterocycles. The van der Waals surface area contributed by atoms with Crippen molar-refractivity contribution in [3.05, 3.63) is 105 Å². The van der Waals surface area contributed by atoms with Crippen LogP contribution in [0.25, 0.3) is 0 Å². The second kappa shape index (κ2) is 18.4. The molecule has 1 aromatic heterocycles. The van der Waals surface area contributed by atoms with Crippen molar-refractivity contribution >= 4 is 76.0 Å². The van der Waals surface area contributed by atoms with Gasteiger partial charge in [0.2, 0.25) is 23.7 Å². The number of rotatable bonds is 13. The Hall–Kier alpha value is -5.48. The Balaban J connectivity index is 0.729. The number of halogens is 3. The van der Waals surface area contributed by atoms with Gasteiger partial charge in [-0.3, -0.25) is 39.1 Å². The molecule has 15 nitrogen and oxygen atoms in total. The molecule has 65 heavy (non-hydrogen) atoms. The number of alkyl halides is 1. The third-order valence-electron chi connectivity index (χ3n) is 13.4. The summed E-state index contributed by atoms with van der Waals surface area (Å²) in [5.74, 6) is -0.0246. The van der Waals surface area contributed by atoms with Crippen LogP contribution >= 0.6 is 34.8 Å². The van der Waals surface area contributed by atoms with Crippen LogP contribution in [0.4, 0.5) is 11.6 Å². The standard InChI is InChI=1S/C47H49Cl3N8O7/c1-47(2,29-21-37(49)42(38(50)22-29)64-20-14-48)28-3-6-34(7-4-28)65-27-30-11-15-51-46(52-30)55-18-19-57(41(60)26-55)31-12-16-54(17-13-31)33-24-56(25-33)32-5-8-35-36(23-32)45(63)58(44(35)62)39-9-10-40(59)53-43(39)61/h3-8,11,15,21-23,31,33,39H,9-10,12-14,16-20,24-27H2,1-2H3,(H,53,59,61). The topological polar surface area (TPSA) is 158 Å². The Morgan fingerprint density at radius 2 is 1.51 bits per heavy atom. The molecule has 5 amide bonds. The Bertz CT molecular complexity index is 2510. The van der Waals surface area contributed by atoms with E-state index in [0.29, 0.717) is 64.8 Å². The lowest BCUT2D eigenvalue weighted by atomic mass is 9.78. The molecule has 340 valence electrons. The summed E-state index contributed by atoms with van der Waals surface area (Å²) < 4.78 is 11.8. The van der Waals surface area contributed by atoms with Crippen LogP contribution in [0.15, 0.2) is 66.9 Å². The van der Waals surface area contributed by atoms with Gasteiger partial charge in [0.05, 0.1) is 32.7 Å². The summed E-state index contributed by atoms with van der Waals surface area (Å²) in [6.45, 7) is 9.50. The molecule has 0 saturated carbocycles. The highest BCUT2D eigenvalue weighted by Gasteiger charge is 2.45. The monoisotopic (exact) mass is 942 g/mol. The molecule has 1 unspecified atom stereocenters. The van der Waals surface area contributed by atoms with E-state index in [1.165, 1.54) is 0 Å². The zero-order chi connectivity index (χ0) is 45.6. The zero-order valence-electron chi connectivity index (χ0n) is 36.1. The number of nitrogens with one attached hydrogen (secondary N) is 1. The second-order valence-electron chi connectivity index (χ2n) is 17.6. The van der Waals surface area contributed by atoms with E-state index >= 15 is 0 Å². The summed E-state index contributed by atoms with van der Waals surface area (Å²) in [6.07, 6.45) is 3.67. The van der Waals surface area contributed by atoms with Crippen molar-refractivity contribution < 1.29 is 33.4 Å². The van der Waals surface area contributed by atoms with Crippen molar-refractivity contribution in [1.29, 1.82) is 0 Å². The lowest BCUT2D eigenvalue weighted by Crippen LogP contribution is -2.63. The average Bonchev–Trinajstić information content (AvgIpc) is 3.53. The highest BCUT2D eigenvalue weighted by atomic mass is 35.5. The minimum atomic E-state index is -0.991. The van der Waals surface area contributed by atoms with Gasteiger partial charge < -0.3 is 24.2 Å². The van der Waals surface area contributed by atoms with Crippen LogP contribution in [-0.4, -0.2) is 131 Å². The normalized spacial score (nSPS) is 20.0. The fourth-order valence-corrected chi connectivity index (χ4v) is 10.1. The molecule has 18 heteroatoms. The molecule has 0 radical (unpaired) electrons. The number of aromatic nitrogens is 2. The van der Waals surface area contributed by atoms with Crippen molar-refractivity contribution in [2.24, 2.45) is 0 Å². The summed E-state index contributed by atoms with van der Waals surface area (Å²) in [6, 6.07) is 18.2. The molecule has 5 aliphatic heterocycles. The number of carbonyl (C=O) groups excluding carboxylic acids is 5. The van der Waals surface area contributed by atoms with Crippen LogP contribution < -0.4 is 24.6 Å². The van der Waals surface area contributed by atoms with Crippen LogP contribution in [0, 0.1) is 0 Å².